The van der Waals surface area contributed by atoms with E-state index < -0.39 is 5.91 Å². The highest BCUT2D eigenvalue weighted by Gasteiger charge is 2.35. The predicted molar refractivity (Wildman–Crippen MR) is 114 cm³/mol. The molecule has 0 unspecified atom stereocenters. The van der Waals surface area contributed by atoms with E-state index in [4.69, 9.17) is 0 Å². The molecule has 1 aliphatic heterocycles. The molecule has 0 bridgehead atoms. The second-order valence-corrected chi connectivity index (χ2v) is 8.32. The van der Waals surface area contributed by atoms with E-state index in [1.54, 1.807) is 6.07 Å². The van der Waals surface area contributed by atoms with Crippen LogP contribution in [0.15, 0.2) is 48.5 Å². The van der Waals surface area contributed by atoms with Crippen LogP contribution in [0.25, 0.3) is 0 Å². The van der Waals surface area contributed by atoms with E-state index in [1.807, 2.05) is 44.2 Å². The summed E-state index contributed by atoms with van der Waals surface area (Å²) in [5.41, 5.74) is 1.91. The van der Waals surface area contributed by atoms with Gasteiger partial charge in [0.25, 0.3) is 17.7 Å². The fraction of sp³-hybridized carbons (Fsp3) is 0.227. The Balaban J connectivity index is 1.48. The number of carbonyl (C=O) groups excluding carboxylic acids is 3. The molecule has 8 heteroatoms. The number of fused-ring (bicyclic) bond motifs is 1. The molecule has 0 saturated carbocycles. The summed E-state index contributed by atoms with van der Waals surface area (Å²) in [4.78, 5) is 39.3. The molecule has 0 spiro atoms. The quantitative estimate of drug-likeness (QED) is 0.613. The van der Waals surface area contributed by atoms with Crippen LogP contribution < -0.4 is 5.32 Å². The van der Waals surface area contributed by atoms with E-state index in [0.717, 1.165) is 10.6 Å². The van der Waals surface area contributed by atoms with Gasteiger partial charge >= 0.3 is 0 Å². The van der Waals surface area contributed by atoms with Gasteiger partial charge in [-0.2, -0.15) is 0 Å². The van der Waals surface area contributed by atoms with Crippen LogP contribution >= 0.6 is 11.3 Å². The molecule has 2 aromatic carbocycles. The largest absolute Gasteiger partial charge is 0.296 e. The zero-order valence-corrected chi connectivity index (χ0v) is 17.4. The Morgan fingerprint density at radius 2 is 1.77 bits per heavy atom. The number of imide groups is 1. The molecule has 4 rings (SSSR count). The van der Waals surface area contributed by atoms with Crippen LogP contribution in [0.4, 0.5) is 5.13 Å². The van der Waals surface area contributed by atoms with E-state index in [0.29, 0.717) is 29.2 Å². The molecular weight excluding hydrogens is 400 g/mol. The van der Waals surface area contributed by atoms with Gasteiger partial charge in [-0.05, 0) is 30.2 Å². The molecule has 0 atom stereocenters. The standard InChI is InChI=1S/C22H20N4O3S/c1-13(2)19-24-25-22(30-19)23-18(27)15-8-9-16-17(12-15)21(29)26(20(16)28)11-10-14-6-4-3-5-7-14/h3-9,12-13H,10-11H2,1-2H3,(H,23,25,27). The molecule has 152 valence electrons. The summed E-state index contributed by atoms with van der Waals surface area (Å²) in [6, 6.07) is 14.2. The van der Waals surface area contributed by atoms with Crippen LogP contribution in [-0.2, 0) is 6.42 Å². The number of amides is 3. The van der Waals surface area contributed by atoms with Crippen molar-refractivity contribution >= 4 is 34.2 Å². The third kappa shape index (κ3) is 3.86. The number of nitrogens with one attached hydrogen (secondary N) is 1. The van der Waals surface area contributed by atoms with Crippen LogP contribution in [-0.4, -0.2) is 39.4 Å². The highest BCUT2D eigenvalue weighted by Crippen LogP contribution is 2.26. The van der Waals surface area contributed by atoms with Crippen molar-refractivity contribution in [1.82, 2.24) is 15.1 Å². The SMILES string of the molecule is CC(C)c1nnc(NC(=O)c2ccc3c(c2)C(=O)N(CCc2ccccc2)C3=O)s1. The Kier molecular flexibility index (Phi) is 5.41. The summed E-state index contributed by atoms with van der Waals surface area (Å²) in [7, 11) is 0. The molecule has 0 saturated heterocycles. The monoisotopic (exact) mass is 420 g/mol. The Hall–Kier alpha value is -3.39. The van der Waals surface area contributed by atoms with E-state index in [2.05, 4.69) is 15.5 Å². The summed E-state index contributed by atoms with van der Waals surface area (Å²) in [6.07, 6.45) is 0.578. The Bertz CT molecular complexity index is 1120. The summed E-state index contributed by atoms with van der Waals surface area (Å²) in [6.45, 7) is 4.29. The second kappa shape index (κ2) is 8.16. The normalized spacial score (nSPS) is 13.1. The Morgan fingerprint density at radius 1 is 1.03 bits per heavy atom. The molecule has 0 aliphatic carbocycles. The molecule has 0 fully saturated rings. The van der Waals surface area contributed by atoms with Gasteiger partial charge in [-0.1, -0.05) is 55.5 Å². The first kappa shape index (κ1) is 19.9. The van der Waals surface area contributed by atoms with E-state index in [-0.39, 0.29) is 23.3 Å². The average molecular weight is 420 g/mol. The highest BCUT2D eigenvalue weighted by atomic mass is 32.1. The van der Waals surface area contributed by atoms with E-state index in [1.165, 1.54) is 28.4 Å². The topological polar surface area (TPSA) is 92.3 Å². The zero-order valence-electron chi connectivity index (χ0n) is 16.6. The zero-order chi connectivity index (χ0) is 21.3. The molecule has 2 heterocycles. The lowest BCUT2D eigenvalue weighted by molar-refractivity contribution is 0.0656. The van der Waals surface area contributed by atoms with Crippen LogP contribution in [0.1, 0.15) is 61.4 Å². The first-order chi connectivity index (χ1) is 14.4. The molecule has 30 heavy (non-hydrogen) atoms. The van der Waals surface area contributed by atoms with E-state index >= 15 is 0 Å². The summed E-state index contributed by atoms with van der Waals surface area (Å²) in [5.74, 6) is -0.881. The molecule has 7 nitrogen and oxygen atoms in total. The van der Waals surface area contributed by atoms with Gasteiger partial charge in [-0.15, -0.1) is 10.2 Å². The fourth-order valence-electron chi connectivity index (χ4n) is 3.21. The van der Waals surface area contributed by atoms with Crippen molar-refractivity contribution in [1.29, 1.82) is 0 Å². The smallest absolute Gasteiger partial charge is 0.261 e. The number of rotatable bonds is 6. The lowest BCUT2D eigenvalue weighted by Gasteiger charge is -2.13. The maximum Gasteiger partial charge on any atom is 0.261 e. The van der Waals surface area contributed by atoms with Crippen molar-refractivity contribution in [3.8, 4) is 0 Å². The van der Waals surface area contributed by atoms with Crippen molar-refractivity contribution in [3.63, 3.8) is 0 Å². The molecule has 1 N–H and O–H groups in total. The maximum atomic E-state index is 12.8. The number of carbonyl (C=O) groups is 3. The predicted octanol–water partition coefficient (Wildman–Crippen LogP) is 3.75. The molecule has 0 radical (unpaired) electrons. The third-order valence-electron chi connectivity index (χ3n) is 4.85. The second-order valence-electron chi connectivity index (χ2n) is 7.31. The lowest BCUT2D eigenvalue weighted by Crippen LogP contribution is -2.31. The Morgan fingerprint density at radius 3 is 2.47 bits per heavy atom. The fourth-order valence-corrected chi connectivity index (χ4v) is 3.95. The first-order valence-electron chi connectivity index (χ1n) is 9.63. The number of aromatic nitrogens is 2. The number of benzene rings is 2. The van der Waals surface area contributed by atoms with Gasteiger partial charge in [0.05, 0.1) is 11.1 Å². The van der Waals surface area contributed by atoms with Gasteiger partial charge in [0, 0.05) is 18.0 Å². The van der Waals surface area contributed by atoms with Crippen LogP contribution in [0, 0.1) is 0 Å². The molecule has 1 aliphatic rings. The van der Waals surface area contributed by atoms with Crippen LogP contribution in [0.5, 0.6) is 0 Å². The van der Waals surface area contributed by atoms with Gasteiger partial charge in [0.2, 0.25) is 5.13 Å². The summed E-state index contributed by atoms with van der Waals surface area (Å²) >= 11 is 1.31. The van der Waals surface area contributed by atoms with Gasteiger partial charge in [-0.25, -0.2) is 0 Å². The molecule has 3 aromatic rings. The van der Waals surface area contributed by atoms with Crippen molar-refractivity contribution in [3.05, 3.63) is 75.8 Å². The van der Waals surface area contributed by atoms with Crippen molar-refractivity contribution in [2.45, 2.75) is 26.2 Å². The van der Waals surface area contributed by atoms with Gasteiger partial charge in [0.1, 0.15) is 5.01 Å². The van der Waals surface area contributed by atoms with Crippen LogP contribution in [0.3, 0.4) is 0 Å². The first-order valence-corrected chi connectivity index (χ1v) is 10.4. The minimum atomic E-state index is -0.396. The maximum absolute atomic E-state index is 12.8. The third-order valence-corrected chi connectivity index (χ3v) is 5.99. The van der Waals surface area contributed by atoms with E-state index in [9.17, 15) is 14.4 Å². The number of nitrogens with zero attached hydrogens (tertiary/aromatic N) is 3. The minimum Gasteiger partial charge on any atom is -0.296 e. The number of anilines is 1. The summed E-state index contributed by atoms with van der Waals surface area (Å²) in [5, 5.41) is 12.0. The van der Waals surface area contributed by atoms with Crippen molar-refractivity contribution in [2.24, 2.45) is 0 Å². The van der Waals surface area contributed by atoms with Crippen molar-refractivity contribution in [2.75, 3.05) is 11.9 Å². The highest BCUT2D eigenvalue weighted by molar-refractivity contribution is 7.15. The number of hydrogen-bond donors (Lipinski definition) is 1. The molecular formula is C22H20N4O3S. The molecule has 1 aromatic heterocycles. The number of hydrogen-bond acceptors (Lipinski definition) is 6. The Labute approximate surface area is 177 Å². The van der Waals surface area contributed by atoms with Gasteiger partial charge in [-0.3, -0.25) is 24.6 Å². The average Bonchev–Trinajstić information content (AvgIpc) is 3.31. The van der Waals surface area contributed by atoms with Gasteiger partial charge < -0.3 is 0 Å². The molecule has 3 amide bonds. The van der Waals surface area contributed by atoms with Crippen LogP contribution in [0.2, 0.25) is 0 Å². The minimum absolute atomic E-state index is 0.221. The lowest BCUT2D eigenvalue weighted by atomic mass is 10.1. The van der Waals surface area contributed by atoms with Gasteiger partial charge in [0.15, 0.2) is 0 Å². The van der Waals surface area contributed by atoms with Crippen molar-refractivity contribution < 1.29 is 14.4 Å². The summed E-state index contributed by atoms with van der Waals surface area (Å²) < 4.78 is 0.